The minimum atomic E-state index is -4.22. The van der Waals surface area contributed by atoms with Crippen LogP contribution in [0.2, 0.25) is 0 Å². The zero-order valence-corrected chi connectivity index (χ0v) is 11.1. The molecule has 0 aliphatic heterocycles. The summed E-state index contributed by atoms with van der Waals surface area (Å²) in [4.78, 5) is 11.6. The maximum atomic E-state index is 13.2. The van der Waals surface area contributed by atoms with Crippen LogP contribution >= 0.6 is 0 Å². The van der Waals surface area contributed by atoms with Crippen molar-refractivity contribution in [3.8, 4) is 0 Å². The third-order valence-electron chi connectivity index (χ3n) is 2.58. The maximum Gasteiger partial charge on any atom is 0.330 e. The van der Waals surface area contributed by atoms with Crippen molar-refractivity contribution in [2.24, 2.45) is 0 Å². The van der Waals surface area contributed by atoms with E-state index in [0.717, 1.165) is 6.07 Å². The highest BCUT2D eigenvalue weighted by molar-refractivity contribution is 5.94. The third-order valence-corrected chi connectivity index (χ3v) is 2.58. The average molecular weight is 311 g/mol. The van der Waals surface area contributed by atoms with E-state index in [4.69, 9.17) is 0 Å². The number of benzene rings is 1. The van der Waals surface area contributed by atoms with Crippen molar-refractivity contribution in [2.75, 3.05) is 19.8 Å². The molecule has 0 saturated heterocycles. The van der Waals surface area contributed by atoms with E-state index in [2.05, 4.69) is 10.1 Å². The number of alkyl halides is 4. The molecule has 1 aromatic carbocycles. The minimum Gasteiger partial charge on any atom is -0.373 e. The Morgan fingerprint density at radius 2 is 2.05 bits per heavy atom. The van der Waals surface area contributed by atoms with Gasteiger partial charge in [-0.25, -0.2) is 13.2 Å². The fourth-order valence-electron chi connectivity index (χ4n) is 1.34. The summed E-state index contributed by atoms with van der Waals surface area (Å²) in [7, 11) is 0. The Balaban J connectivity index is 2.33. The van der Waals surface area contributed by atoms with Crippen LogP contribution in [0.3, 0.4) is 0 Å². The summed E-state index contributed by atoms with van der Waals surface area (Å²) >= 11 is 0. The van der Waals surface area contributed by atoms with Crippen LogP contribution < -0.4 is 5.32 Å². The lowest BCUT2D eigenvalue weighted by Crippen LogP contribution is -2.34. The zero-order chi connectivity index (χ0) is 16.0. The van der Waals surface area contributed by atoms with E-state index >= 15 is 0 Å². The highest BCUT2D eigenvalue weighted by Gasteiger charge is 2.40. The van der Waals surface area contributed by atoms with Crippen molar-refractivity contribution in [3.63, 3.8) is 0 Å². The van der Waals surface area contributed by atoms with E-state index in [1.807, 2.05) is 0 Å². The Labute approximate surface area is 118 Å². The predicted molar refractivity (Wildman–Crippen MR) is 65.2 cm³/mol. The molecule has 0 aliphatic rings. The normalized spacial score (nSPS) is 11.8. The molecule has 0 unspecified atom stereocenters. The number of amides is 1. The molecular formula is C13H14F5NO2. The highest BCUT2D eigenvalue weighted by atomic mass is 19.3. The largest absolute Gasteiger partial charge is 0.373 e. The summed E-state index contributed by atoms with van der Waals surface area (Å²) in [5.74, 6) is -5.38. The second kappa shape index (κ2) is 7.35. The molecule has 0 saturated carbocycles. The molecule has 0 fully saturated rings. The van der Waals surface area contributed by atoms with Gasteiger partial charge in [0.05, 0.1) is 6.61 Å². The van der Waals surface area contributed by atoms with E-state index in [1.54, 1.807) is 0 Å². The number of ether oxygens (including phenoxy) is 1. The molecular weight excluding hydrogens is 297 g/mol. The molecule has 8 heteroatoms. The average Bonchev–Trinajstić information content (AvgIpc) is 2.41. The molecule has 0 atom stereocenters. The summed E-state index contributed by atoms with van der Waals surface area (Å²) in [5.41, 5.74) is 0.445. The van der Waals surface area contributed by atoms with Gasteiger partial charge in [0.2, 0.25) is 0 Å². The molecule has 0 aliphatic carbocycles. The second-order valence-corrected chi connectivity index (χ2v) is 4.33. The fourth-order valence-corrected chi connectivity index (χ4v) is 1.34. The number of carbonyl (C=O) groups excluding carboxylic acids is 1. The van der Waals surface area contributed by atoms with Gasteiger partial charge in [0.25, 0.3) is 5.91 Å². The van der Waals surface area contributed by atoms with Crippen LogP contribution in [0.1, 0.15) is 15.9 Å². The summed E-state index contributed by atoms with van der Waals surface area (Å²) in [6.07, 6.45) is -3.80. The van der Waals surface area contributed by atoms with Gasteiger partial charge in [-0.3, -0.25) is 4.79 Å². The first-order valence-electron chi connectivity index (χ1n) is 6.02. The summed E-state index contributed by atoms with van der Waals surface area (Å²) in [6, 6.07) is 3.86. The lowest BCUT2D eigenvalue weighted by Gasteiger charge is -2.15. The van der Waals surface area contributed by atoms with Crippen LogP contribution in [0.25, 0.3) is 0 Å². The van der Waals surface area contributed by atoms with Gasteiger partial charge in [-0.1, -0.05) is 6.07 Å². The molecule has 1 aromatic rings. The van der Waals surface area contributed by atoms with Crippen molar-refractivity contribution in [1.29, 1.82) is 0 Å². The maximum absolute atomic E-state index is 13.2. The molecule has 0 bridgehead atoms. The van der Waals surface area contributed by atoms with E-state index in [9.17, 15) is 26.7 Å². The van der Waals surface area contributed by atoms with Crippen molar-refractivity contribution in [3.05, 3.63) is 35.1 Å². The van der Waals surface area contributed by atoms with E-state index in [1.165, 1.54) is 19.1 Å². The topological polar surface area (TPSA) is 38.3 Å². The Bertz CT molecular complexity index is 493. The van der Waals surface area contributed by atoms with Gasteiger partial charge in [-0.2, -0.15) is 8.78 Å². The third kappa shape index (κ3) is 5.30. The minimum absolute atomic E-state index is 0.0658. The number of hydrogen-bond acceptors (Lipinski definition) is 2. The SMILES string of the molecule is Cc1ccc(C(=O)NCCOCC(F)(F)C(F)F)cc1F. The molecule has 118 valence electrons. The van der Waals surface area contributed by atoms with Crippen molar-refractivity contribution >= 4 is 5.91 Å². The van der Waals surface area contributed by atoms with E-state index < -0.39 is 30.7 Å². The molecule has 0 radical (unpaired) electrons. The van der Waals surface area contributed by atoms with Gasteiger partial charge < -0.3 is 10.1 Å². The van der Waals surface area contributed by atoms with Crippen LogP contribution in [0, 0.1) is 12.7 Å². The smallest absolute Gasteiger partial charge is 0.330 e. The molecule has 0 heterocycles. The molecule has 0 aromatic heterocycles. The lowest BCUT2D eigenvalue weighted by molar-refractivity contribution is -0.165. The number of aryl methyl sites for hydroxylation is 1. The van der Waals surface area contributed by atoms with E-state index in [-0.39, 0.29) is 18.7 Å². The van der Waals surface area contributed by atoms with Crippen LogP contribution in [-0.2, 0) is 4.74 Å². The number of carbonyl (C=O) groups is 1. The second-order valence-electron chi connectivity index (χ2n) is 4.33. The summed E-state index contributed by atoms with van der Waals surface area (Å²) in [6.45, 7) is -0.413. The van der Waals surface area contributed by atoms with Crippen LogP contribution in [0.4, 0.5) is 22.0 Å². The molecule has 1 rings (SSSR count). The van der Waals surface area contributed by atoms with Crippen LogP contribution in [0.5, 0.6) is 0 Å². The van der Waals surface area contributed by atoms with Crippen LogP contribution in [0.15, 0.2) is 18.2 Å². The quantitative estimate of drug-likeness (QED) is 0.621. The molecule has 1 amide bonds. The van der Waals surface area contributed by atoms with E-state index in [0.29, 0.717) is 5.56 Å². The molecule has 3 nitrogen and oxygen atoms in total. The lowest BCUT2D eigenvalue weighted by atomic mass is 10.1. The van der Waals surface area contributed by atoms with Crippen LogP contribution in [-0.4, -0.2) is 38.0 Å². The predicted octanol–water partition coefficient (Wildman–Crippen LogP) is 2.78. The first-order valence-corrected chi connectivity index (χ1v) is 6.02. The summed E-state index contributed by atoms with van der Waals surface area (Å²) in [5, 5.41) is 2.30. The molecule has 0 spiro atoms. The highest BCUT2D eigenvalue weighted by Crippen LogP contribution is 2.22. The monoisotopic (exact) mass is 311 g/mol. The number of halogens is 5. The van der Waals surface area contributed by atoms with Gasteiger partial charge >= 0.3 is 12.3 Å². The Morgan fingerprint density at radius 3 is 2.62 bits per heavy atom. The number of rotatable bonds is 7. The number of nitrogens with one attached hydrogen (secondary N) is 1. The first-order chi connectivity index (χ1) is 9.74. The molecule has 1 N–H and O–H groups in total. The first kappa shape index (κ1) is 17.4. The Kier molecular flexibility index (Phi) is 6.07. The van der Waals surface area contributed by atoms with Crippen molar-refractivity contribution in [1.82, 2.24) is 5.32 Å². The Hall–Kier alpha value is -1.70. The zero-order valence-electron chi connectivity index (χ0n) is 11.1. The standard InChI is InChI=1S/C13H14F5NO2/c1-8-2-3-9(6-10(8)14)11(20)19-4-5-21-7-13(17,18)12(15)16/h2-3,6,12H,4-5,7H2,1H3,(H,19,20). The van der Waals surface area contributed by atoms with Crippen molar-refractivity contribution < 1.29 is 31.5 Å². The van der Waals surface area contributed by atoms with Gasteiger partial charge in [0.15, 0.2) is 0 Å². The van der Waals surface area contributed by atoms with Gasteiger partial charge in [0, 0.05) is 12.1 Å². The molecule has 21 heavy (non-hydrogen) atoms. The van der Waals surface area contributed by atoms with Gasteiger partial charge in [-0.05, 0) is 24.6 Å². The summed E-state index contributed by atoms with van der Waals surface area (Å²) < 4.78 is 66.2. The Morgan fingerprint density at radius 1 is 1.38 bits per heavy atom. The van der Waals surface area contributed by atoms with Gasteiger partial charge in [-0.15, -0.1) is 0 Å². The van der Waals surface area contributed by atoms with Crippen molar-refractivity contribution in [2.45, 2.75) is 19.3 Å². The van der Waals surface area contributed by atoms with Gasteiger partial charge in [0.1, 0.15) is 12.4 Å². The fraction of sp³-hybridized carbons (Fsp3) is 0.462. The number of hydrogen-bond donors (Lipinski definition) is 1.